The van der Waals surface area contributed by atoms with Crippen molar-refractivity contribution >= 4 is 11.7 Å². The molecule has 1 fully saturated rings. The van der Waals surface area contributed by atoms with Crippen LogP contribution in [0.2, 0.25) is 0 Å². The highest BCUT2D eigenvalue weighted by molar-refractivity contribution is 5.90. The van der Waals surface area contributed by atoms with E-state index in [0.29, 0.717) is 24.7 Å². The third-order valence-electron chi connectivity index (χ3n) is 4.10. The molecule has 2 amide bonds. The Kier molecular flexibility index (Phi) is 5.13. The number of halogens is 4. The predicted octanol–water partition coefficient (Wildman–Crippen LogP) is 3.47. The van der Waals surface area contributed by atoms with Crippen molar-refractivity contribution in [2.45, 2.75) is 32.0 Å². The second kappa shape index (κ2) is 6.74. The lowest BCUT2D eigenvalue weighted by Gasteiger charge is -2.38. The second-order valence-electron chi connectivity index (χ2n) is 5.69. The van der Waals surface area contributed by atoms with Gasteiger partial charge in [0.15, 0.2) is 0 Å². The molecule has 1 aromatic rings. The Morgan fingerprint density at radius 1 is 1.43 bits per heavy atom. The van der Waals surface area contributed by atoms with Gasteiger partial charge in [0, 0.05) is 6.54 Å². The van der Waals surface area contributed by atoms with Crippen LogP contribution in [0.5, 0.6) is 0 Å². The first-order chi connectivity index (χ1) is 10.7. The zero-order chi connectivity index (χ0) is 17.2. The molecule has 128 valence electrons. The molecule has 4 nitrogen and oxygen atoms in total. The number of carbonyl (C=O) groups excluding carboxylic acids is 1. The Morgan fingerprint density at radius 3 is 2.74 bits per heavy atom. The molecule has 8 heteroatoms. The van der Waals surface area contributed by atoms with Crippen LogP contribution in [-0.4, -0.2) is 35.2 Å². The first-order valence-electron chi connectivity index (χ1n) is 7.29. The zero-order valence-electron chi connectivity index (χ0n) is 12.5. The summed E-state index contributed by atoms with van der Waals surface area (Å²) in [5, 5.41) is 11.6. The number of aliphatic hydroxyl groups excluding tert-OH is 1. The molecule has 0 saturated carbocycles. The van der Waals surface area contributed by atoms with Gasteiger partial charge in [-0.05, 0) is 37.0 Å². The molecular formula is C15H18F4N2O2. The van der Waals surface area contributed by atoms with Gasteiger partial charge in [0.1, 0.15) is 5.82 Å². The predicted molar refractivity (Wildman–Crippen MR) is 76.4 cm³/mol. The summed E-state index contributed by atoms with van der Waals surface area (Å²) >= 11 is 0. The number of rotatable bonds is 2. The van der Waals surface area contributed by atoms with Crippen LogP contribution in [0, 0.1) is 11.7 Å². The van der Waals surface area contributed by atoms with Gasteiger partial charge in [-0.1, -0.05) is 6.92 Å². The van der Waals surface area contributed by atoms with E-state index in [1.165, 1.54) is 4.90 Å². The van der Waals surface area contributed by atoms with Crippen LogP contribution in [0.3, 0.4) is 0 Å². The largest absolute Gasteiger partial charge is 0.416 e. The number of likely N-dealkylation sites (tertiary alicyclic amines) is 1. The number of carbonyl (C=O) groups is 1. The Labute approximate surface area is 131 Å². The van der Waals surface area contributed by atoms with Crippen molar-refractivity contribution in [3.8, 4) is 0 Å². The highest BCUT2D eigenvalue weighted by Gasteiger charge is 2.33. The van der Waals surface area contributed by atoms with Gasteiger partial charge in [0.05, 0.1) is 23.9 Å². The summed E-state index contributed by atoms with van der Waals surface area (Å²) in [5.74, 6) is -0.886. The van der Waals surface area contributed by atoms with Crippen molar-refractivity contribution in [2.75, 3.05) is 18.5 Å². The molecule has 23 heavy (non-hydrogen) atoms. The number of nitrogens with one attached hydrogen (secondary N) is 1. The van der Waals surface area contributed by atoms with Crippen LogP contribution >= 0.6 is 0 Å². The number of benzene rings is 1. The van der Waals surface area contributed by atoms with Crippen LogP contribution in [0.25, 0.3) is 0 Å². The second-order valence-corrected chi connectivity index (χ2v) is 5.69. The van der Waals surface area contributed by atoms with E-state index in [4.69, 9.17) is 0 Å². The van der Waals surface area contributed by atoms with E-state index in [2.05, 4.69) is 5.32 Å². The highest BCUT2D eigenvalue weighted by Crippen LogP contribution is 2.32. The number of alkyl halides is 3. The summed E-state index contributed by atoms with van der Waals surface area (Å²) in [6.07, 6.45) is -3.07. The molecule has 2 rings (SSSR count). The van der Waals surface area contributed by atoms with Gasteiger partial charge in [0.25, 0.3) is 0 Å². The van der Waals surface area contributed by atoms with E-state index < -0.39 is 35.3 Å². The van der Waals surface area contributed by atoms with Crippen molar-refractivity contribution in [2.24, 2.45) is 5.92 Å². The Balaban J connectivity index is 2.19. The van der Waals surface area contributed by atoms with E-state index in [9.17, 15) is 27.5 Å². The molecule has 2 unspecified atom stereocenters. The van der Waals surface area contributed by atoms with Crippen molar-refractivity contribution < 1.29 is 27.5 Å². The highest BCUT2D eigenvalue weighted by atomic mass is 19.4. The molecule has 1 heterocycles. The van der Waals surface area contributed by atoms with Crippen LogP contribution in [0.1, 0.15) is 25.3 Å². The molecule has 1 aromatic carbocycles. The van der Waals surface area contributed by atoms with Crippen LogP contribution < -0.4 is 5.32 Å². The van der Waals surface area contributed by atoms with Crippen LogP contribution in [-0.2, 0) is 6.18 Å². The van der Waals surface area contributed by atoms with Crippen LogP contribution in [0.4, 0.5) is 28.0 Å². The number of hydrogen-bond donors (Lipinski definition) is 2. The van der Waals surface area contributed by atoms with E-state index in [1.807, 2.05) is 6.92 Å². The lowest BCUT2D eigenvalue weighted by Crippen LogP contribution is -2.51. The lowest BCUT2D eigenvalue weighted by atomic mass is 9.91. The van der Waals surface area contributed by atoms with Gasteiger partial charge in [-0.15, -0.1) is 0 Å². The minimum absolute atomic E-state index is 0.0610. The number of piperidine rings is 1. The van der Waals surface area contributed by atoms with Gasteiger partial charge < -0.3 is 15.3 Å². The fourth-order valence-electron chi connectivity index (χ4n) is 2.76. The first-order valence-corrected chi connectivity index (χ1v) is 7.29. The van der Waals surface area contributed by atoms with Crippen LogP contribution in [0.15, 0.2) is 18.2 Å². The lowest BCUT2D eigenvalue weighted by molar-refractivity contribution is -0.137. The number of hydrogen-bond acceptors (Lipinski definition) is 2. The quantitative estimate of drug-likeness (QED) is 0.814. The molecule has 2 atom stereocenters. The number of urea groups is 1. The van der Waals surface area contributed by atoms with Gasteiger partial charge in [-0.2, -0.15) is 13.2 Å². The summed E-state index contributed by atoms with van der Waals surface area (Å²) < 4.78 is 51.7. The minimum atomic E-state index is -4.62. The summed E-state index contributed by atoms with van der Waals surface area (Å²) in [6.45, 7) is 1.99. The van der Waals surface area contributed by atoms with Crippen molar-refractivity contribution in [1.29, 1.82) is 0 Å². The molecule has 2 N–H and O–H groups in total. The smallest absolute Gasteiger partial charge is 0.394 e. The maximum atomic E-state index is 13.7. The summed E-state index contributed by atoms with van der Waals surface area (Å²) in [6, 6.07) is 0.700. The topological polar surface area (TPSA) is 52.6 Å². The Morgan fingerprint density at radius 2 is 2.13 bits per heavy atom. The normalized spacial score (nSPS) is 22.1. The molecule has 0 aliphatic carbocycles. The average molecular weight is 334 g/mol. The SMILES string of the molecule is CC1CCCN(C(=O)Nc2cc(C(F)(F)F)ccc2F)C1CO. The molecular weight excluding hydrogens is 316 g/mol. The zero-order valence-corrected chi connectivity index (χ0v) is 12.5. The van der Waals surface area contributed by atoms with Gasteiger partial charge in [-0.3, -0.25) is 0 Å². The van der Waals surface area contributed by atoms with Gasteiger partial charge in [-0.25, -0.2) is 9.18 Å². The molecule has 1 saturated heterocycles. The molecule has 1 aliphatic heterocycles. The fourth-order valence-corrected chi connectivity index (χ4v) is 2.76. The van der Waals surface area contributed by atoms with Gasteiger partial charge >= 0.3 is 12.2 Å². The fraction of sp³-hybridized carbons (Fsp3) is 0.533. The molecule has 0 aromatic heterocycles. The maximum Gasteiger partial charge on any atom is 0.416 e. The van der Waals surface area contributed by atoms with E-state index in [0.717, 1.165) is 12.8 Å². The number of anilines is 1. The van der Waals surface area contributed by atoms with Crippen molar-refractivity contribution in [3.05, 3.63) is 29.6 Å². The molecule has 0 spiro atoms. The van der Waals surface area contributed by atoms with E-state index in [1.54, 1.807) is 0 Å². The standard InChI is InChI=1S/C15H18F4N2O2/c1-9-3-2-6-21(13(9)8-22)14(23)20-12-7-10(15(17,18)19)4-5-11(12)16/h4-5,7,9,13,22H,2-3,6,8H2,1H3,(H,20,23). The Bertz CT molecular complexity index is 577. The van der Waals surface area contributed by atoms with Crippen molar-refractivity contribution in [3.63, 3.8) is 0 Å². The van der Waals surface area contributed by atoms with Gasteiger partial charge in [0.2, 0.25) is 0 Å². The monoisotopic (exact) mass is 334 g/mol. The molecule has 1 aliphatic rings. The molecule has 0 radical (unpaired) electrons. The number of aliphatic hydroxyl groups is 1. The van der Waals surface area contributed by atoms with Crippen molar-refractivity contribution in [1.82, 2.24) is 4.90 Å². The Hall–Kier alpha value is -1.83. The minimum Gasteiger partial charge on any atom is -0.394 e. The summed E-state index contributed by atoms with van der Waals surface area (Å²) in [4.78, 5) is 13.6. The maximum absolute atomic E-state index is 13.7. The number of nitrogens with zero attached hydrogens (tertiary/aromatic N) is 1. The summed E-state index contributed by atoms with van der Waals surface area (Å²) in [7, 11) is 0. The third-order valence-corrected chi connectivity index (χ3v) is 4.10. The van der Waals surface area contributed by atoms with E-state index in [-0.39, 0.29) is 12.5 Å². The number of amides is 2. The van der Waals surface area contributed by atoms with E-state index >= 15 is 0 Å². The molecule has 0 bridgehead atoms. The average Bonchev–Trinajstić information content (AvgIpc) is 2.48. The third kappa shape index (κ3) is 3.93. The summed E-state index contributed by atoms with van der Waals surface area (Å²) in [5.41, 5.74) is -1.57. The first kappa shape index (κ1) is 17.5.